The lowest BCUT2D eigenvalue weighted by atomic mass is 9.69. The zero-order valence-corrected chi connectivity index (χ0v) is 16.1. The summed E-state index contributed by atoms with van der Waals surface area (Å²) in [6.07, 6.45) is 9.11. The van der Waals surface area contributed by atoms with Gasteiger partial charge in [0.25, 0.3) is 0 Å². The van der Waals surface area contributed by atoms with Crippen molar-refractivity contribution >= 4 is 11.9 Å². The Morgan fingerprint density at radius 2 is 1.29 bits per heavy atom. The minimum absolute atomic E-state index is 0.237. The molecule has 2 N–H and O–H groups in total. The molecule has 0 spiro atoms. The highest BCUT2D eigenvalue weighted by Gasteiger charge is 2.39. The Kier molecular flexibility index (Phi) is 11.8. The van der Waals surface area contributed by atoms with Crippen LogP contribution >= 0.6 is 0 Å². The van der Waals surface area contributed by atoms with Crippen LogP contribution in [-0.2, 0) is 9.59 Å². The van der Waals surface area contributed by atoms with Gasteiger partial charge >= 0.3 is 11.9 Å². The number of carbonyl (C=O) groups is 2. The second-order valence-corrected chi connectivity index (χ2v) is 7.68. The average molecular weight is 343 g/mol. The summed E-state index contributed by atoms with van der Waals surface area (Å²) in [7, 11) is 0. The summed E-state index contributed by atoms with van der Waals surface area (Å²) in [4.78, 5) is 22.6. The van der Waals surface area contributed by atoms with Gasteiger partial charge in [-0.15, -0.1) is 0 Å². The molecule has 0 rings (SSSR count). The molecule has 0 radical (unpaired) electrons. The Morgan fingerprint density at radius 3 is 1.71 bits per heavy atom. The molecule has 0 saturated heterocycles. The lowest BCUT2D eigenvalue weighted by Crippen LogP contribution is -2.35. The van der Waals surface area contributed by atoms with Crippen LogP contribution in [0, 0.1) is 17.3 Å². The van der Waals surface area contributed by atoms with Crippen LogP contribution in [0.25, 0.3) is 0 Å². The van der Waals surface area contributed by atoms with Crippen LogP contribution in [-0.4, -0.2) is 22.2 Å². The first-order valence-electron chi connectivity index (χ1n) is 9.72. The topological polar surface area (TPSA) is 74.6 Å². The lowest BCUT2D eigenvalue weighted by Gasteiger charge is -2.34. The van der Waals surface area contributed by atoms with Crippen LogP contribution in [0.3, 0.4) is 0 Å². The van der Waals surface area contributed by atoms with Crippen molar-refractivity contribution in [3.05, 3.63) is 0 Å². The Morgan fingerprint density at radius 1 is 0.833 bits per heavy atom. The molecular formula is C20H38O4. The van der Waals surface area contributed by atoms with Crippen molar-refractivity contribution in [1.29, 1.82) is 0 Å². The fraction of sp³-hybridized carbons (Fsp3) is 0.900. The summed E-state index contributed by atoms with van der Waals surface area (Å²) < 4.78 is 0. The first-order chi connectivity index (χ1) is 11.3. The minimum atomic E-state index is -0.734. The van der Waals surface area contributed by atoms with Gasteiger partial charge in [0.05, 0.1) is 5.41 Å². The Bertz CT molecular complexity index is 353. The van der Waals surface area contributed by atoms with Crippen molar-refractivity contribution in [3.63, 3.8) is 0 Å². The number of hydrogen-bond acceptors (Lipinski definition) is 2. The van der Waals surface area contributed by atoms with E-state index in [1.165, 1.54) is 0 Å². The van der Waals surface area contributed by atoms with E-state index >= 15 is 0 Å². The van der Waals surface area contributed by atoms with Crippen molar-refractivity contribution in [2.24, 2.45) is 17.3 Å². The number of carboxylic acid groups (broad SMARTS) is 2. The number of hydrogen-bond donors (Lipinski definition) is 2. The van der Waals surface area contributed by atoms with Crippen LogP contribution in [0.2, 0.25) is 0 Å². The van der Waals surface area contributed by atoms with Crippen molar-refractivity contribution in [1.82, 2.24) is 0 Å². The first kappa shape index (κ1) is 22.9. The Balaban J connectivity index is 4.57. The van der Waals surface area contributed by atoms with Crippen molar-refractivity contribution < 1.29 is 19.8 Å². The van der Waals surface area contributed by atoms with Crippen molar-refractivity contribution in [3.8, 4) is 0 Å². The summed E-state index contributed by atoms with van der Waals surface area (Å²) in [6, 6.07) is 0. The average Bonchev–Trinajstić information content (AvgIpc) is 2.52. The molecule has 0 amide bonds. The summed E-state index contributed by atoms with van der Waals surface area (Å²) in [5, 5.41) is 18.6. The molecule has 0 aromatic carbocycles. The zero-order valence-electron chi connectivity index (χ0n) is 16.1. The third-order valence-electron chi connectivity index (χ3n) is 5.37. The highest BCUT2D eigenvalue weighted by atomic mass is 16.4. The smallest absolute Gasteiger partial charge is 0.309 e. The highest BCUT2D eigenvalue weighted by Crippen LogP contribution is 2.40. The van der Waals surface area contributed by atoms with Gasteiger partial charge in [0.1, 0.15) is 0 Å². The first-order valence-corrected chi connectivity index (χ1v) is 9.72. The van der Waals surface area contributed by atoms with Crippen molar-refractivity contribution in [2.75, 3.05) is 0 Å². The predicted octanol–water partition coefficient (Wildman–Crippen LogP) is 5.75. The summed E-state index contributed by atoms with van der Waals surface area (Å²) >= 11 is 0. The van der Waals surface area contributed by atoms with Gasteiger partial charge in [-0.05, 0) is 37.5 Å². The van der Waals surface area contributed by atoms with Crippen LogP contribution in [0.15, 0.2) is 0 Å². The summed E-state index contributed by atoms with van der Waals surface area (Å²) in [6.45, 7) is 8.56. The van der Waals surface area contributed by atoms with Crippen LogP contribution in [0.4, 0.5) is 0 Å². The fourth-order valence-corrected chi connectivity index (χ4v) is 3.46. The fourth-order valence-electron chi connectivity index (χ4n) is 3.46. The monoisotopic (exact) mass is 342 g/mol. The van der Waals surface area contributed by atoms with E-state index in [4.69, 9.17) is 5.11 Å². The molecular weight excluding hydrogens is 304 g/mol. The molecule has 0 fully saturated rings. The quantitative estimate of drug-likeness (QED) is 0.372. The van der Waals surface area contributed by atoms with Gasteiger partial charge in [0.2, 0.25) is 0 Å². The second kappa shape index (κ2) is 12.3. The van der Waals surface area contributed by atoms with E-state index in [0.29, 0.717) is 11.8 Å². The number of carboxylic acids is 2. The van der Waals surface area contributed by atoms with E-state index in [2.05, 4.69) is 27.7 Å². The van der Waals surface area contributed by atoms with Gasteiger partial charge in [-0.2, -0.15) is 0 Å². The Labute approximate surface area is 148 Å². The van der Waals surface area contributed by atoms with Crippen LogP contribution < -0.4 is 0 Å². The van der Waals surface area contributed by atoms with E-state index in [1.807, 2.05) is 0 Å². The zero-order chi connectivity index (χ0) is 18.6. The van der Waals surface area contributed by atoms with Gasteiger partial charge in [-0.25, -0.2) is 0 Å². The largest absolute Gasteiger partial charge is 0.481 e. The molecule has 24 heavy (non-hydrogen) atoms. The van der Waals surface area contributed by atoms with Crippen LogP contribution in [0.5, 0.6) is 0 Å². The standard InChI is InChI=1S/C20H38O4/c1-5-16(3)14-20(19(23)24,15-17(4)6-2)13-11-9-7-8-10-12-18(21)22/h16-17H,5-15H2,1-4H3,(H,21,22)(H,23,24). The minimum Gasteiger partial charge on any atom is -0.481 e. The molecule has 0 heterocycles. The molecule has 4 heteroatoms. The summed E-state index contributed by atoms with van der Waals surface area (Å²) in [5.74, 6) is -0.502. The van der Waals surface area contributed by atoms with Crippen molar-refractivity contribution in [2.45, 2.75) is 98.3 Å². The summed E-state index contributed by atoms with van der Waals surface area (Å²) in [5.41, 5.74) is -0.591. The lowest BCUT2D eigenvalue weighted by molar-refractivity contribution is -0.152. The van der Waals surface area contributed by atoms with E-state index in [9.17, 15) is 14.7 Å². The van der Waals surface area contributed by atoms with E-state index in [1.54, 1.807) is 0 Å². The molecule has 0 aromatic rings. The molecule has 4 nitrogen and oxygen atoms in total. The van der Waals surface area contributed by atoms with E-state index < -0.39 is 17.4 Å². The maximum absolute atomic E-state index is 12.1. The number of unbranched alkanes of at least 4 members (excludes halogenated alkanes) is 4. The number of rotatable bonds is 15. The molecule has 142 valence electrons. The molecule has 0 saturated carbocycles. The van der Waals surface area contributed by atoms with Crippen LogP contribution in [0.1, 0.15) is 98.3 Å². The molecule has 2 unspecified atom stereocenters. The Hall–Kier alpha value is -1.06. The predicted molar refractivity (Wildman–Crippen MR) is 98.2 cm³/mol. The maximum Gasteiger partial charge on any atom is 0.309 e. The van der Waals surface area contributed by atoms with Gasteiger partial charge in [0, 0.05) is 6.42 Å². The third kappa shape index (κ3) is 9.29. The molecule has 0 aliphatic heterocycles. The maximum atomic E-state index is 12.1. The van der Waals surface area contributed by atoms with E-state index in [-0.39, 0.29) is 6.42 Å². The highest BCUT2D eigenvalue weighted by molar-refractivity contribution is 5.74. The third-order valence-corrected chi connectivity index (χ3v) is 5.37. The van der Waals surface area contributed by atoms with Gasteiger partial charge in [-0.3, -0.25) is 9.59 Å². The van der Waals surface area contributed by atoms with E-state index in [0.717, 1.165) is 64.2 Å². The van der Waals surface area contributed by atoms with Gasteiger partial charge < -0.3 is 10.2 Å². The number of aliphatic carboxylic acids is 2. The normalized spacial score (nSPS) is 16.3. The molecule has 0 bridgehead atoms. The molecule has 0 aromatic heterocycles. The molecule has 0 aliphatic rings. The SMILES string of the molecule is CCC(C)CC(CCCCCCCC(=O)O)(CC(C)CC)C(=O)O. The molecule has 2 atom stereocenters. The van der Waals surface area contributed by atoms with Gasteiger partial charge in [0.15, 0.2) is 0 Å². The van der Waals surface area contributed by atoms with Gasteiger partial charge in [-0.1, -0.05) is 66.2 Å². The second-order valence-electron chi connectivity index (χ2n) is 7.68. The molecule has 0 aliphatic carbocycles.